The number of benzene rings is 2. The lowest BCUT2D eigenvalue weighted by molar-refractivity contribution is -0.137. The zero-order valence-electron chi connectivity index (χ0n) is 28.4. The van der Waals surface area contributed by atoms with Crippen molar-refractivity contribution in [2.75, 3.05) is 77.0 Å². The fourth-order valence-electron chi connectivity index (χ4n) is 7.71. The van der Waals surface area contributed by atoms with E-state index in [0.29, 0.717) is 64.7 Å². The number of likely N-dealkylation sites (tertiary alicyclic amines) is 2. The highest BCUT2D eigenvalue weighted by atomic mass is 79.9. The normalized spacial score (nSPS) is 21.0. The van der Waals surface area contributed by atoms with Crippen molar-refractivity contribution in [1.82, 2.24) is 29.8 Å². The van der Waals surface area contributed by atoms with Crippen molar-refractivity contribution in [3.05, 3.63) is 57.6 Å². The average molecular weight is 764 g/mol. The number of alkyl halides is 3. The molecule has 1 atom stereocenters. The van der Waals surface area contributed by atoms with Gasteiger partial charge in [-0.2, -0.15) is 13.2 Å². The first-order chi connectivity index (χ1) is 23.9. The molecule has 4 aliphatic heterocycles. The zero-order chi connectivity index (χ0) is 35.6. The number of carbonyl (C=O) groups excluding carboxylic acids is 3. The zero-order valence-corrected chi connectivity index (χ0v) is 29.9. The first kappa shape index (κ1) is 36.2. The number of carbonyl (C=O) groups is 3. The number of halogens is 4. The van der Waals surface area contributed by atoms with E-state index in [9.17, 15) is 27.6 Å². The Morgan fingerprint density at radius 1 is 0.940 bits per heavy atom. The number of anilines is 2. The molecule has 0 spiro atoms. The molecule has 5 amide bonds. The second-order valence-corrected chi connectivity index (χ2v) is 14.7. The Morgan fingerprint density at radius 3 is 2.28 bits per heavy atom. The number of amides is 5. The predicted molar refractivity (Wildman–Crippen MR) is 189 cm³/mol. The lowest BCUT2D eigenvalue weighted by Crippen LogP contribution is -2.59. The van der Waals surface area contributed by atoms with E-state index in [-0.39, 0.29) is 34.4 Å². The smallest absolute Gasteiger partial charge is 0.397 e. The van der Waals surface area contributed by atoms with Gasteiger partial charge in [-0.25, -0.2) is 9.59 Å². The summed E-state index contributed by atoms with van der Waals surface area (Å²) < 4.78 is 41.6. The molecule has 3 fully saturated rings. The highest BCUT2D eigenvalue weighted by Gasteiger charge is 2.37. The van der Waals surface area contributed by atoms with Crippen LogP contribution in [0, 0.1) is 0 Å². The molecule has 6 rings (SSSR count). The molecule has 0 aliphatic carbocycles. The van der Waals surface area contributed by atoms with Gasteiger partial charge in [-0.05, 0) is 97.5 Å². The van der Waals surface area contributed by atoms with E-state index in [1.165, 1.54) is 6.07 Å². The van der Waals surface area contributed by atoms with Gasteiger partial charge in [0.25, 0.3) is 0 Å². The van der Waals surface area contributed by atoms with Gasteiger partial charge in [0.1, 0.15) is 6.04 Å². The monoisotopic (exact) mass is 762 g/mol. The van der Waals surface area contributed by atoms with Crippen LogP contribution in [-0.4, -0.2) is 127 Å². The van der Waals surface area contributed by atoms with Crippen LogP contribution >= 0.6 is 15.9 Å². The van der Waals surface area contributed by atoms with E-state index in [2.05, 4.69) is 43.4 Å². The Morgan fingerprint density at radius 2 is 1.60 bits per heavy atom. The molecule has 2 aromatic carbocycles. The van der Waals surface area contributed by atoms with Crippen molar-refractivity contribution in [3.8, 4) is 0 Å². The third-order valence-electron chi connectivity index (χ3n) is 10.7. The van der Waals surface area contributed by atoms with Gasteiger partial charge in [0, 0.05) is 74.5 Å². The number of hydrogen-bond donors (Lipinski definition) is 3. The van der Waals surface area contributed by atoms with Crippen molar-refractivity contribution in [1.29, 1.82) is 0 Å². The van der Waals surface area contributed by atoms with Crippen LogP contribution in [0.2, 0.25) is 0 Å². The summed E-state index contributed by atoms with van der Waals surface area (Å²) in [4.78, 5) is 50.8. The van der Waals surface area contributed by atoms with E-state index in [4.69, 9.17) is 5.73 Å². The number of fused-ring (bicyclic) bond motifs is 1. The number of rotatable bonds is 6. The van der Waals surface area contributed by atoms with Crippen molar-refractivity contribution >= 4 is 45.3 Å². The second kappa shape index (κ2) is 15.4. The molecule has 0 saturated carbocycles. The van der Waals surface area contributed by atoms with E-state index in [1.54, 1.807) is 9.80 Å². The molecule has 1 unspecified atom stereocenters. The number of piperazine rings is 1. The fraction of sp³-hybridized carbons (Fsp3) is 0.571. The summed E-state index contributed by atoms with van der Waals surface area (Å²) >= 11 is 3.15. The Labute approximate surface area is 299 Å². The van der Waals surface area contributed by atoms with E-state index in [0.717, 1.165) is 49.7 Å². The van der Waals surface area contributed by atoms with E-state index >= 15 is 0 Å². The largest absolute Gasteiger partial charge is 0.418 e. The number of nitrogens with two attached hydrogens (primary N) is 1. The minimum Gasteiger partial charge on any atom is -0.397 e. The number of hydrogen-bond acceptors (Lipinski definition) is 6. The number of urea groups is 2. The van der Waals surface area contributed by atoms with Crippen molar-refractivity contribution in [2.45, 2.75) is 62.8 Å². The van der Waals surface area contributed by atoms with E-state index < -0.39 is 29.5 Å². The molecule has 4 heterocycles. The van der Waals surface area contributed by atoms with Crippen molar-refractivity contribution < 1.29 is 27.6 Å². The van der Waals surface area contributed by atoms with Gasteiger partial charge >= 0.3 is 18.2 Å². The van der Waals surface area contributed by atoms with Crippen LogP contribution < -0.4 is 16.4 Å². The highest BCUT2D eigenvalue weighted by Crippen LogP contribution is 2.38. The van der Waals surface area contributed by atoms with Crippen LogP contribution in [0.1, 0.15) is 42.4 Å². The lowest BCUT2D eigenvalue weighted by atomic mass is 10.00. The first-order valence-electron chi connectivity index (χ1n) is 17.4. The van der Waals surface area contributed by atoms with Gasteiger partial charge in [0.15, 0.2) is 0 Å². The Balaban J connectivity index is 1.12. The van der Waals surface area contributed by atoms with Crippen LogP contribution in [0.25, 0.3) is 0 Å². The van der Waals surface area contributed by atoms with Gasteiger partial charge in [-0.1, -0.05) is 18.2 Å². The van der Waals surface area contributed by atoms with Gasteiger partial charge in [-0.15, -0.1) is 0 Å². The minimum atomic E-state index is -4.69. The van der Waals surface area contributed by atoms with Crippen LogP contribution in [0.15, 0.2) is 40.9 Å². The Bertz CT molecular complexity index is 1550. The fourth-order valence-corrected chi connectivity index (χ4v) is 8.22. The maximum Gasteiger partial charge on any atom is 0.418 e. The highest BCUT2D eigenvalue weighted by molar-refractivity contribution is 9.10. The summed E-state index contributed by atoms with van der Waals surface area (Å²) in [6.45, 7) is 5.73. The predicted octanol–water partition coefficient (Wildman–Crippen LogP) is 4.46. The maximum atomic E-state index is 14.1. The summed E-state index contributed by atoms with van der Waals surface area (Å²) in [5, 5.41) is 5.89. The maximum absolute atomic E-state index is 14.1. The Kier molecular flexibility index (Phi) is 11.1. The number of para-hydroxylation sites is 1. The van der Waals surface area contributed by atoms with Gasteiger partial charge in [-0.3, -0.25) is 9.69 Å². The molecule has 2 aromatic rings. The van der Waals surface area contributed by atoms with Crippen LogP contribution in [-0.2, 0) is 23.8 Å². The third kappa shape index (κ3) is 8.31. The average Bonchev–Trinajstić information content (AvgIpc) is 3.27. The molecule has 4 N–H and O–H groups in total. The third-order valence-corrected chi connectivity index (χ3v) is 11.4. The van der Waals surface area contributed by atoms with Crippen LogP contribution in [0.3, 0.4) is 0 Å². The summed E-state index contributed by atoms with van der Waals surface area (Å²) in [5.41, 5.74) is 6.46. The topological polar surface area (TPSA) is 117 Å². The summed E-state index contributed by atoms with van der Waals surface area (Å²) in [6, 6.07) is 8.89. The van der Waals surface area contributed by atoms with Crippen molar-refractivity contribution in [3.63, 3.8) is 0 Å². The molecule has 0 radical (unpaired) electrons. The summed E-state index contributed by atoms with van der Waals surface area (Å²) in [6.07, 6.45) is -0.821. The van der Waals surface area contributed by atoms with Crippen molar-refractivity contribution in [2.24, 2.45) is 0 Å². The number of nitrogen functional groups attached to an aromatic ring is 1. The second-order valence-electron chi connectivity index (χ2n) is 13.9. The molecule has 272 valence electrons. The van der Waals surface area contributed by atoms with Crippen LogP contribution in [0.5, 0.6) is 0 Å². The SMILES string of the molecule is CN1CCC(N2CCN(C(=O)C(Cc3cc(Br)c(N)c(C(F)(F)F)c3)NC(=O)N3CCC(N4CCc5ccccc5NC4=O)CC3)CC2)CC1. The minimum absolute atomic E-state index is 0.0560. The lowest BCUT2D eigenvalue weighted by Gasteiger charge is -2.43. The Hall–Kier alpha value is -3.56. The van der Waals surface area contributed by atoms with E-state index in [1.807, 2.05) is 29.2 Å². The molecule has 3 saturated heterocycles. The molecular weight excluding hydrogens is 717 g/mol. The number of piperidine rings is 2. The summed E-state index contributed by atoms with van der Waals surface area (Å²) in [5.74, 6) is -0.321. The quantitative estimate of drug-likeness (QED) is 0.375. The first-order valence-corrected chi connectivity index (χ1v) is 18.2. The molecule has 15 heteroatoms. The molecular formula is C35H46BrF3N8O3. The molecule has 50 heavy (non-hydrogen) atoms. The number of nitrogens with zero attached hydrogens (tertiary/aromatic N) is 5. The van der Waals surface area contributed by atoms with Crippen LogP contribution in [0.4, 0.5) is 34.1 Å². The van der Waals surface area contributed by atoms with Gasteiger partial charge in [0.2, 0.25) is 5.91 Å². The molecule has 11 nitrogen and oxygen atoms in total. The van der Waals surface area contributed by atoms with Gasteiger partial charge < -0.3 is 36.0 Å². The summed E-state index contributed by atoms with van der Waals surface area (Å²) in [7, 11) is 2.12. The number of nitrogens with one attached hydrogen (secondary N) is 2. The molecule has 0 aromatic heterocycles. The molecule has 0 bridgehead atoms. The standard InChI is InChI=1S/C35H46BrF3N8O3/c1-43-11-7-25(8-12-43)44-16-18-45(19-17-44)32(48)30(22-23-20-27(35(37,38)39)31(40)28(36)21-23)42-33(49)46-13-9-26(10-14-46)47-15-6-24-4-2-3-5-29(24)41-34(47)50/h2-5,20-21,25-26,30H,6-19,22,40H2,1H3,(H,41,50)(H,42,49). The van der Waals surface area contributed by atoms with Gasteiger partial charge in [0.05, 0.1) is 11.3 Å². The molecule has 4 aliphatic rings.